The number of tetrazole rings is 1. The largest absolute Gasteiger partial charge is 0.320 e. The van der Waals surface area contributed by atoms with Crippen LogP contribution in [0.2, 0.25) is 0 Å². The number of aryl methyl sites for hydroxylation is 1. The zero-order chi connectivity index (χ0) is 13.9. The van der Waals surface area contributed by atoms with Gasteiger partial charge in [-0.05, 0) is 49.7 Å². The average Bonchev–Trinajstić information content (AvgIpc) is 3.05. The summed E-state index contributed by atoms with van der Waals surface area (Å²) in [6, 6.07) is 10.8. The van der Waals surface area contributed by atoms with Gasteiger partial charge in [0, 0.05) is 9.58 Å². The highest BCUT2D eigenvalue weighted by molar-refractivity contribution is 7.19. The highest BCUT2D eigenvalue weighted by Crippen LogP contribution is 2.32. The van der Waals surface area contributed by atoms with Gasteiger partial charge in [0.15, 0.2) is 5.82 Å². The van der Waals surface area contributed by atoms with Crippen LogP contribution in [-0.4, -0.2) is 33.8 Å². The maximum Gasteiger partial charge on any atom is 0.171 e. The summed E-state index contributed by atoms with van der Waals surface area (Å²) in [5, 5.41) is 17.0. The van der Waals surface area contributed by atoms with Crippen molar-refractivity contribution in [2.75, 3.05) is 13.6 Å². The van der Waals surface area contributed by atoms with E-state index in [1.54, 1.807) is 16.1 Å². The average molecular weight is 287 g/mol. The molecular weight excluding hydrogens is 270 g/mol. The molecule has 0 amide bonds. The van der Waals surface area contributed by atoms with E-state index in [0.29, 0.717) is 5.82 Å². The van der Waals surface area contributed by atoms with E-state index >= 15 is 0 Å². The van der Waals surface area contributed by atoms with Crippen LogP contribution in [0.5, 0.6) is 0 Å². The SMILES string of the molecule is CNCCC(c1cc2ccccc2s1)n1nnc(C)n1. The second-order valence-corrected chi connectivity index (χ2v) is 5.87. The first-order valence-corrected chi connectivity index (χ1v) is 7.49. The smallest absolute Gasteiger partial charge is 0.171 e. The molecule has 2 aromatic heterocycles. The monoisotopic (exact) mass is 287 g/mol. The third-order valence-corrected chi connectivity index (χ3v) is 4.47. The molecule has 2 heterocycles. The molecule has 0 radical (unpaired) electrons. The number of nitrogens with one attached hydrogen (secondary N) is 1. The molecule has 1 aromatic carbocycles. The number of thiophene rings is 1. The van der Waals surface area contributed by atoms with E-state index in [1.165, 1.54) is 15.0 Å². The standard InChI is InChI=1S/C14H17N5S/c1-10-16-18-19(17-10)12(7-8-15-2)14-9-11-5-3-4-6-13(11)20-14/h3-6,9,12,15H,7-8H2,1-2H3. The summed E-state index contributed by atoms with van der Waals surface area (Å²) < 4.78 is 1.30. The Balaban J connectivity index is 1.99. The molecule has 0 aliphatic carbocycles. The molecule has 0 aliphatic rings. The summed E-state index contributed by atoms with van der Waals surface area (Å²) in [4.78, 5) is 3.01. The Morgan fingerprint density at radius 1 is 1.35 bits per heavy atom. The minimum absolute atomic E-state index is 0.140. The summed E-state index contributed by atoms with van der Waals surface area (Å²) in [6.07, 6.45) is 0.944. The van der Waals surface area contributed by atoms with Crippen molar-refractivity contribution in [1.29, 1.82) is 0 Å². The highest BCUT2D eigenvalue weighted by Gasteiger charge is 2.18. The quantitative estimate of drug-likeness (QED) is 0.783. The van der Waals surface area contributed by atoms with Crippen LogP contribution in [-0.2, 0) is 0 Å². The van der Waals surface area contributed by atoms with Crippen molar-refractivity contribution in [3.8, 4) is 0 Å². The van der Waals surface area contributed by atoms with Gasteiger partial charge in [-0.25, -0.2) is 0 Å². The number of fused-ring (bicyclic) bond motifs is 1. The van der Waals surface area contributed by atoms with Crippen molar-refractivity contribution in [2.45, 2.75) is 19.4 Å². The summed E-state index contributed by atoms with van der Waals surface area (Å²) in [5.41, 5.74) is 0. The van der Waals surface area contributed by atoms with Crippen molar-refractivity contribution < 1.29 is 0 Å². The second-order valence-electron chi connectivity index (χ2n) is 4.75. The second kappa shape index (κ2) is 5.68. The van der Waals surface area contributed by atoms with Crippen molar-refractivity contribution in [1.82, 2.24) is 25.5 Å². The number of nitrogens with zero attached hydrogens (tertiary/aromatic N) is 4. The normalized spacial score (nSPS) is 12.9. The molecular formula is C14H17N5S. The van der Waals surface area contributed by atoms with Gasteiger partial charge in [0.2, 0.25) is 0 Å². The third kappa shape index (κ3) is 2.57. The topological polar surface area (TPSA) is 55.6 Å². The van der Waals surface area contributed by atoms with Crippen molar-refractivity contribution in [3.63, 3.8) is 0 Å². The van der Waals surface area contributed by atoms with Crippen molar-refractivity contribution in [2.24, 2.45) is 0 Å². The van der Waals surface area contributed by atoms with E-state index in [0.717, 1.165) is 13.0 Å². The van der Waals surface area contributed by atoms with Crippen LogP contribution < -0.4 is 5.32 Å². The van der Waals surface area contributed by atoms with Crippen LogP contribution in [0.15, 0.2) is 30.3 Å². The van der Waals surface area contributed by atoms with Crippen LogP contribution in [0, 0.1) is 6.92 Å². The molecule has 0 saturated heterocycles. The van der Waals surface area contributed by atoms with Gasteiger partial charge < -0.3 is 5.32 Å². The fourth-order valence-corrected chi connectivity index (χ4v) is 3.43. The molecule has 1 N–H and O–H groups in total. The number of rotatable bonds is 5. The van der Waals surface area contributed by atoms with E-state index in [1.807, 2.05) is 14.0 Å². The first-order chi connectivity index (χ1) is 9.78. The van der Waals surface area contributed by atoms with E-state index in [2.05, 4.69) is 51.1 Å². The van der Waals surface area contributed by atoms with Crippen LogP contribution in [0.4, 0.5) is 0 Å². The lowest BCUT2D eigenvalue weighted by Gasteiger charge is -2.13. The van der Waals surface area contributed by atoms with Gasteiger partial charge in [0.25, 0.3) is 0 Å². The first-order valence-electron chi connectivity index (χ1n) is 6.67. The van der Waals surface area contributed by atoms with Crippen LogP contribution in [0.25, 0.3) is 10.1 Å². The third-order valence-electron chi connectivity index (χ3n) is 3.25. The van der Waals surface area contributed by atoms with Gasteiger partial charge in [-0.3, -0.25) is 0 Å². The van der Waals surface area contributed by atoms with E-state index < -0.39 is 0 Å². The van der Waals surface area contributed by atoms with Gasteiger partial charge in [-0.2, -0.15) is 4.80 Å². The molecule has 3 rings (SSSR count). The zero-order valence-corrected chi connectivity index (χ0v) is 12.4. The van der Waals surface area contributed by atoms with E-state index in [9.17, 15) is 0 Å². The summed E-state index contributed by atoms with van der Waals surface area (Å²) in [7, 11) is 1.96. The Morgan fingerprint density at radius 2 is 2.20 bits per heavy atom. The lowest BCUT2D eigenvalue weighted by Crippen LogP contribution is -2.19. The molecule has 0 bridgehead atoms. The number of hydrogen-bond acceptors (Lipinski definition) is 5. The summed E-state index contributed by atoms with van der Waals surface area (Å²) in [5.74, 6) is 0.709. The van der Waals surface area contributed by atoms with Gasteiger partial charge in [-0.15, -0.1) is 21.5 Å². The zero-order valence-electron chi connectivity index (χ0n) is 11.6. The molecule has 1 atom stereocenters. The predicted molar refractivity (Wildman–Crippen MR) is 81.1 cm³/mol. The highest BCUT2D eigenvalue weighted by atomic mass is 32.1. The summed E-state index contributed by atoms with van der Waals surface area (Å²) in [6.45, 7) is 2.78. The van der Waals surface area contributed by atoms with Gasteiger partial charge >= 0.3 is 0 Å². The Morgan fingerprint density at radius 3 is 2.90 bits per heavy atom. The van der Waals surface area contributed by atoms with Gasteiger partial charge in [0.05, 0.1) is 0 Å². The lowest BCUT2D eigenvalue weighted by molar-refractivity contribution is 0.426. The van der Waals surface area contributed by atoms with E-state index in [-0.39, 0.29) is 6.04 Å². The molecule has 6 heteroatoms. The maximum atomic E-state index is 4.38. The Labute approximate surface area is 121 Å². The van der Waals surface area contributed by atoms with Crippen molar-refractivity contribution in [3.05, 3.63) is 41.0 Å². The van der Waals surface area contributed by atoms with Gasteiger partial charge in [-0.1, -0.05) is 18.2 Å². The van der Waals surface area contributed by atoms with Gasteiger partial charge in [0.1, 0.15) is 6.04 Å². The first kappa shape index (κ1) is 13.2. The molecule has 0 aliphatic heterocycles. The van der Waals surface area contributed by atoms with Crippen LogP contribution >= 0.6 is 11.3 Å². The molecule has 0 spiro atoms. The van der Waals surface area contributed by atoms with E-state index in [4.69, 9.17) is 0 Å². The molecule has 104 valence electrons. The molecule has 3 aromatic rings. The molecule has 0 saturated carbocycles. The van der Waals surface area contributed by atoms with Crippen LogP contribution in [0.1, 0.15) is 23.2 Å². The minimum Gasteiger partial charge on any atom is -0.320 e. The Hall–Kier alpha value is -1.79. The fourth-order valence-electron chi connectivity index (χ4n) is 2.25. The number of aromatic nitrogens is 4. The number of hydrogen-bond donors (Lipinski definition) is 1. The van der Waals surface area contributed by atoms with Crippen LogP contribution in [0.3, 0.4) is 0 Å². The number of benzene rings is 1. The fraction of sp³-hybridized carbons (Fsp3) is 0.357. The Kier molecular flexibility index (Phi) is 3.75. The molecule has 1 unspecified atom stereocenters. The maximum absolute atomic E-state index is 4.38. The summed E-state index contributed by atoms with van der Waals surface area (Å²) >= 11 is 1.80. The molecule has 5 nitrogen and oxygen atoms in total. The predicted octanol–water partition coefficient (Wildman–Crippen LogP) is 2.40. The molecule has 20 heavy (non-hydrogen) atoms. The molecule has 0 fully saturated rings. The van der Waals surface area contributed by atoms with Crippen molar-refractivity contribution >= 4 is 21.4 Å². The minimum atomic E-state index is 0.140. The Bertz CT molecular complexity index is 669. The lowest BCUT2D eigenvalue weighted by atomic mass is 10.1.